The van der Waals surface area contributed by atoms with Crippen molar-refractivity contribution in [2.45, 2.75) is 31.3 Å². The minimum Gasteiger partial charge on any atom is -0.441 e. The van der Waals surface area contributed by atoms with Gasteiger partial charge >= 0.3 is 0 Å². The lowest BCUT2D eigenvalue weighted by molar-refractivity contribution is 0.537. The van der Waals surface area contributed by atoms with Gasteiger partial charge in [0.2, 0.25) is 5.89 Å². The highest BCUT2D eigenvalue weighted by Gasteiger charge is 2.17. The first-order chi connectivity index (χ1) is 15.2. The molecule has 0 aliphatic rings. The highest BCUT2D eigenvalue weighted by atomic mass is 32.2. The highest BCUT2D eigenvalue weighted by Crippen LogP contribution is 2.29. The third-order valence-electron chi connectivity index (χ3n) is 5.19. The van der Waals surface area contributed by atoms with Crippen LogP contribution in [0.15, 0.2) is 82.6 Å². The van der Waals surface area contributed by atoms with Gasteiger partial charge in [-0.15, -0.1) is 0 Å². The molecule has 6 heteroatoms. The molecule has 3 aromatic heterocycles. The van der Waals surface area contributed by atoms with Gasteiger partial charge in [0.25, 0.3) is 0 Å². The molecule has 0 atom stereocenters. The number of pyridine rings is 1. The van der Waals surface area contributed by atoms with Gasteiger partial charge in [-0.1, -0.05) is 59.8 Å². The lowest BCUT2D eigenvalue weighted by Crippen LogP contribution is -2.03. The van der Waals surface area contributed by atoms with Crippen molar-refractivity contribution in [3.63, 3.8) is 0 Å². The van der Waals surface area contributed by atoms with E-state index in [2.05, 4.69) is 40.7 Å². The van der Waals surface area contributed by atoms with Gasteiger partial charge in [-0.2, -0.15) is 0 Å². The van der Waals surface area contributed by atoms with Crippen molar-refractivity contribution in [1.29, 1.82) is 0 Å². The summed E-state index contributed by atoms with van der Waals surface area (Å²) < 4.78 is 8.16. The number of aromatic nitrogens is 4. The molecule has 3 heterocycles. The summed E-state index contributed by atoms with van der Waals surface area (Å²) in [6, 6.07) is 20.5. The number of fused-ring (bicyclic) bond motifs is 1. The van der Waals surface area contributed by atoms with Gasteiger partial charge < -0.3 is 8.98 Å². The minimum absolute atomic E-state index is 0.584. The van der Waals surface area contributed by atoms with Crippen molar-refractivity contribution in [3.05, 3.63) is 95.6 Å². The van der Waals surface area contributed by atoms with Crippen LogP contribution in [0.1, 0.15) is 22.6 Å². The smallest absolute Gasteiger partial charge is 0.226 e. The molecular weight excluding hydrogens is 404 g/mol. The van der Waals surface area contributed by atoms with Crippen molar-refractivity contribution in [2.24, 2.45) is 0 Å². The van der Waals surface area contributed by atoms with Crippen LogP contribution in [-0.4, -0.2) is 19.5 Å². The van der Waals surface area contributed by atoms with Gasteiger partial charge in [-0.25, -0.2) is 9.97 Å². The van der Waals surface area contributed by atoms with Crippen molar-refractivity contribution in [1.82, 2.24) is 19.5 Å². The van der Waals surface area contributed by atoms with E-state index < -0.39 is 0 Å². The van der Waals surface area contributed by atoms with Crippen molar-refractivity contribution in [2.75, 3.05) is 0 Å². The Morgan fingerprint density at radius 2 is 1.84 bits per heavy atom. The number of rotatable bonds is 6. The van der Waals surface area contributed by atoms with Gasteiger partial charge in [-0.05, 0) is 37.6 Å². The lowest BCUT2D eigenvalue weighted by Gasteiger charge is -2.08. The van der Waals surface area contributed by atoms with Crippen LogP contribution in [0.5, 0.6) is 0 Å². The molecule has 0 saturated carbocycles. The van der Waals surface area contributed by atoms with Crippen LogP contribution >= 0.6 is 11.8 Å². The maximum absolute atomic E-state index is 5.98. The van der Waals surface area contributed by atoms with Gasteiger partial charge in [-0.3, -0.25) is 4.98 Å². The van der Waals surface area contributed by atoms with Crippen molar-refractivity contribution in [3.8, 4) is 11.5 Å². The van der Waals surface area contributed by atoms with E-state index in [0.29, 0.717) is 12.4 Å². The first-order valence-corrected chi connectivity index (χ1v) is 11.2. The minimum atomic E-state index is 0.584. The number of hydrogen-bond acceptors (Lipinski definition) is 5. The monoisotopic (exact) mass is 426 g/mol. The average Bonchev–Trinajstić information content (AvgIpc) is 3.34. The maximum atomic E-state index is 5.98. The zero-order chi connectivity index (χ0) is 21.2. The molecule has 0 amide bonds. The molecule has 0 saturated heterocycles. The molecule has 0 radical (unpaired) electrons. The molecule has 0 fully saturated rings. The number of nitrogens with zero attached hydrogens (tertiary/aromatic N) is 4. The molecule has 0 spiro atoms. The van der Waals surface area contributed by atoms with Crippen LogP contribution in [0, 0.1) is 13.8 Å². The van der Waals surface area contributed by atoms with Gasteiger partial charge in [0.15, 0.2) is 5.16 Å². The molecule has 0 N–H and O–H groups in total. The summed E-state index contributed by atoms with van der Waals surface area (Å²) in [6.45, 7) is 4.67. The van der Waals surface area contributed by atoms with E-state index in [1.54, 1.807) is 18.0 Å². The zero-order valence-corrected chi connectivity index (χ0v) is 18.3. The Kier molecular flexibility index (Phi) is 5.30. The largest absolute Gasteiger partial charge is 0.441 e. The van der Waals surface area contributed by atoms with E-state index in [9.17, 15) is 0 Å². The summed E-state index contributed by atoms with van der Waals surface area (Å²) in [5, 5.41) is 0.952. The number of imidazole rings is 1. The third kappa shape index (κ3) is 4.11. The molecule has 154 valence electrons. The first kappa shape index (κ1) is 19.6. The summed E-state index contributed by atoms with van der Waals surface area (Å²) in [4.78, 5) is 14.0. The van der Waals surface area contributed by atoms with Crippen LogP contribution in [0.4, 0.5) is 0 Å². The van der Waals surface area contributed by atoms with Crippen LogP contribution < -0.4 is 0 Å². The Hall–Kier alpha value is -3.38. The molecule has 0 aliphatic carbocycles. The highest BCUT2D eigenvalue weighted by molar-refractivity contribution is 7.98. The van der Waals surface area contributed by atoms with Crippen molar-refractivity contribution >= 4 is 22.8 Å². The molecule has 5 aromatic rings. The number of benzene rings is 2. The fourth-order valence-corrected chi connectivity index (χ4v) is 4.55. The molecule has 5 nitrogen and oxygen atoms in total. The Morgan fingerprint density at radius 3 is 2.68 bits per heavy atom. The van der Waals surface area contributed by atoms with Crippen LogP contribution in [0.25, 0.3) is 22.5 Å². The predicted octanol–water partition coefficient (Wildman–Crippen LogP) is 6.04. The van der Waals surface area contributed by atoms with Crippen LogP contribution in [-0.2, 0) is 12.3 Å². The maximum Gasteiger partial charge on any atom is 0.226 e. The fraction of sp³-hybridized carbons (Fsp3) is 0.160. The quantitative estimate of drug-likeness (QED) is 0.310. The SMILES string of the molecule is Cc1cccc(CSc2nc3ccncc3n2Cc2nc(-c3ccccc3)oc2C)c1. The summed E-state index contributed by atoms with van der Waals surface area (Å²) in [5.74, 6) is 2.31. The third-order valence-corrected chi connectivity index (χ3v) is 6.23. The predicted molar refractivity (Wildman–Crippen MR) is 124 cm³/mol. The zero-order valence-electron chi connectivity index (χ0n) is 17.4. The van der Waals surface area contributed by atoms with E-state index in [-0.39, 0.29) is 0 Å². The van der Waals surface area contributed by atoms with E-state index in [1.807, 2.05) is 49.5 Å². The number of hydrogen-bond donors (Lipinski definition) is 0. The number of aryl methyl sites for hydroxylation is 2. The number of thioether (sulfide) groups is 1. The Morgan fingerprint density at radius 1 is 0.968 bits per heavy atom. The Balaban J connectivity index is 1.48. The summed E-state index contributed by atoms with van der Waals surface area (Å²) in [6.07, 6.45) is 3.65. The normalized spacial score (nSPS) is 11.3. The second-order valence-corrected chi connectivity index (χ2v) is 8.45. The molecule has 0 aliphatic heterocycles. The van der Waals surface area contributed by atoms with Gasteiger partial charge in [0.1, 0.15) is 11.5 Å². The van der Waals surface area contributed by atoms with E-state index >= 15 is 0 Å². The van der Waals surface area contributed by atoms with Crippen LogP contribution in [0.3, 0.4) is 0 Å². The van der Waals surface area contributed by atoms with Gasteiger partial charge in [0.05, 0.1) is 23.8 Å². The second-order valence-electron chi connectivity index (χ2n) is 7.51. The van der Waals surface area contributed by atoms with Crippen LogP contribution in [0.2, 0.25) is 0 Å². The average molecular weight is 427 g/mol. The molecule has 0 unspecified atom stereocenters. The standard InChI is InChI=1S/C25H22N4OS/c1-17-7-6-8-19(13-17)16-31-25-28-21-11-12-26-14-23(21)29(25)15-22-18(2)30-24(27-22)20-9-4-3-5-10-20/h3-14H,15-16H2,1-2H3. The number of oxazole rings is 1. The fourth-order valence-electron chi connectivity index (χ4n) is 3.59. The Labute approximate surface area is 185 Å². The summed E-state index contributed by atoms with van der Waals surface area (Å²) in [7, 11) is 0. The topological polar surface area (TPSA) is 56.7 Å². The van der Waals surface area contributed by atoms with E-state index in [1.165, 1.54) is 11.1 Å². The van der Waals surface area contributed by atoms with E-state index in [4.69, 9.17) is 14.4 Å². The second kappa shape index (κ2) is 8.40. The molecular formula is C25H22N4OS. The Bertz CT molecular complexity index is 1340. The van der Waals surface area contributed by atoms with E-state index in [0.717, 1.165) is 39.0 Å². The van der Waals surface area contributed by atoms with Crippen molar-refractivity contribution < 1.29 is 4.42 Å². The molecule has 2 aromatic carbocycles. The first-order valence-electron chi connectivity index (χ1n) is 10.2. The van der Waals surface area contributed by atoms with Gasteiger partial charge in [0, 0.05) is 17.5 Å². The summed E-state index contributed by atoms with van der Waals surface area (Å²) >= 11 is 1.73. The molecule has 0 bridgehead atoms. The molecule has 5 rings (SSSR count). The molecule has 31 heavy (non-hydrogen) atoms. The lowest BCUT2D eigenvalue weighted by atomic mass is 10.2. The summed E-state index contributed by atoms with van der Waals surface area (Å²) in [5.41, 5.74) is 6.36.